The van der Waals surface area contributed by atoms with Crippen LogP contribution in [0.2, 0.25) is 0 Å². The molecule has 0 saturated heterocycles. The van der Waals surface area contributed by atoms with Gasteiger partial charge in [0.2, 0.25) is 0 Å². The number of hydrogen-bond donors (Lipinski definition) is 0. The van der Waals surface area contributed by atoms with Crippen LogP contribution in [0, 0.1) is 6.42 Å². The van der Waals surface area contributed by atoms with Gasteiger partial charge in [0.05, 0.1) is 0 Å². The molecule has 0 aromatic carbocycles. The third-order valence-electron chi connectivity index (χ3n) is 0.136. The molecule has 5 heavy (non-hydrogen) atoms. The second-order valence-corrected chi connectivity index (χ2v) is 0.469. The fourth-order valence-corrected chi connectivity index (χ4v) is 0. The van der Waals surface area contributed by atoms with E-state index in [-0.39, 0.29) is 21.7 Å². The fraction of sp³-hybridized carbons (Fsp3) is 0.333. The van der Waals surface area contributed by atoms with Crippen LogP contribution in [0.1, 0.15) is 6.92 Å². The molecule has 0 saturated carbocycles. The van der Waals surface area contributed by atoms with Crippen molar-refractivity contribution in [2.75, 3.05) is 0 Å². The Labute approximate surface area is 46.6 Å². The van der Waals surface area contributed by atoms with E-state index in [2.05, 4.69) is 0 Å². The van der Waals surface area contributed by atoms with Gasteiger partial charge in [-0.1, -0.05) is 0 Å². The van der Waals surface area contributed by atoms with Crippen LogP contribution in [0.3, 0.4) is 0 Å². The van der Waals surface area contributed by atoms with Crippen molar-refractivity contribution in [3.8, 4) is 0 Å². The first kappa shape index (κ1) is 8.98. The summed E-state index contributed by atoms with van der Waals surface area (Å²) in [4.78, 5) is 9.12. The Morgan fingerprint density at radius 2 is 2.00 bits per heavy atom. The van der Waals surface area contributed by atoms with Gasteiger partial charge in [-0.25, -0.2) is 0 Å². The second-order valence-electron chi connectivity index (χ2n) is 0.469. The molecule has 0 radical (unpaired) electrons. The SMILES string of the molecule is C[CH-]C=O.[Ti]. The summed E-state index contributed by atoms with van der Waals surface area (Å²) in [5, 5.41) is 0. The first-order chi connectivity index (χ1) is 1.91. The Kier molecular flexibility index (Phi) is 15.9. The Hall–Kier alpha value is 0.254. The van der Waals surface area contributed by atoms with Crippen LogP contribution in [0.15, 0.2) is 0 Å². The molecule has 0 aromatic heterocycles. The van der Waals surface area contributed by atoms with Crippen molar-refractivity contribution in [1.29, 1.82) is 0 Å². The van der Waals surface area contributed by atoms with Crippen LogP contribution in [0.25, 0.3) is 0 Å². The summed E-state index contributed by atoms with van der Waals surface area (Å²) in [5.74, 6) is 0. The summed E-state index contributed by atoms with van der Waals surface area (Å²) >= 11 is 0. The molecule has 0 bridgehead atoms. The molecule has 0 heterocycles. The molecule has 2 heteroatoms. The van der Waals surface area contributed by atoms with Gasteiger partial charge in [-0.3, -0.25) is 0 Å². The average Bonchev–Trinajstić information content (AvgIpc) is 1.37. The maximum absolute atomic E-state index is 9.12. The van der Waals surface area contributed by atoms with Gasteiger partial charge in [-0.2, -0.15) is 6.92 Å². The monoisotopic (exact) mass is 105 g/mol. The van der Waals surface area contributed by atoms with Crippen LogP contribution >= 0.6 is 0 Å². The summed E-state index contributed by atoms with van der Waals surface area (Å²) in [6.45, 7) is 1.69. The van der Waals surface area contributed by atoms with Crippen LogP contribution in [-0.2, 0) is 26.5 Å². The molecule has 0 fully saturated rings. The van der Waals surface area contributed by atoms with Crippen LogP contribution < -0.4 is 0 Å². The molecule has 0 amide bonds. The normalized spacial score (nSPS) is 4.20. The van der Waals surface area contributed by atoms with Gasteiger partial charge in [0.1, 0.15) is 0 Å². The first-order valence-corrected chi connectivity index (χ1v) is 1.15. The molecule has 1 nitrogen and oxygen atoms in total. The van der Waals surface area contributed by atoms with E-state index in [1.54, 1.807) is 6.92 Å². The molecule has 0 N–H and O–H groups in total. The number of carbonyl (C=O) groups is 1. The minimum absolute atomic E-state index is 0. The number of hydrogen-bond acceptors (Lipinski definition) is 1. The standard InChI is InChI=1S/C3H5O.Ti/c1-2-3-4;/h2-3H,1H3;/q-1;. The Morgan fingerprint density at radius 3 is 2.00 bits per heavy atom. The van der Waals surface area contributed by atoms with E-state index in [4.69, 9.17) is 4.79 Å². The third kappa shape index (κ3) is 13.7. The summed E-state index contributed by atoms with van der Waals surface area (Å²) in [5.41, 5.74) is 0. The van der Waals surface area contributed by atoms with Crippen molar-refractivity contribution in [2.45, 2.75) is 6.92 Å². The smallest absolute Gasteiger partial charge is 0 e. The van der Waals surface area contributed by atoms with Crippen molar-refractivity contribution in [2.24, 2.45) is 0 Å². The van der Waals surface area contributed by atoms with E-state index in [1.807, 2.05) is 0 Å². The van der Waals surface area contributed by atoms with Gasteiger partial charge < -0.3 is 11.2 Å². The molecule has 0 rings (SSSR count). The number of carbonyl (C=O) groups excluding carboxylic acids is 1. The molecular formula is C3H5OTi-. The Balaban J connectivity index is 0. The molecule has 0 aliphatic heterocycles. The molecule has 0 atom stereocenters. The van der Waals surface area contributed by atoms with E-state index < -0.39 is 0 Å². The molecular weight excluding hydrogens is 99.9 g/mol. The molecule has 0 aromatic rings. The van der Waals surface area contributed by atoms with E-state index in [9.17, 15) is 0 Å². The predicted octanol–water partition coefficient (Wildman–Crippen LogP) is 0.407. The summed E-state index contributed by atoms with van der Waals surface area (Å²) < 4.78 is 0. The van der Waals surface area contributed by atoms with Gasteiger partial charge in [-0.15, -0.1) is 0 Å². The van der Waals surface area contributed by atoms with E-state index in [0.717, 1.165) is 6.29 Å². The van der Waals surface area contributed by atoms with Crippen molar-refractivity contribution in [3.05, 3.63) is 6.42 Å². The average molecular weight is 105 g/mol. The first-order valence-electron chi connectivity index (χ1n) is 1.15. The van der Waals surface area contributed by atoms with E-state index in [0.29, 0.717) is 0 Å². The summed E-state index contributed by atoms with van der Waals surface area (Å²) in [7, 11) is 0. The van der Waals surface area contributed by atoms with Crippen LogP contribution in [0.4, 0.5) is 0 Å². The topological polar surface area (TPSA) is 17.1 Å². The van der Waals surface area contributed by atoms with Gasteiger partial charge in [0, 0.05) is 21.7 Å². The van der Waals surface area contributed by atoms with Crippen molar-refractivity contribution >= 4 is 6.29 Å². The van der Waals surface area contributed by atoms with Gasteiger partial charge in [-0.05, 0) is 6.29 Å². The quantitative estimate of drug-likeness (QED) is 0.268. The van der Waals surface area contributed by atoms with Gasteiger partial charge >= 0.3 is 0 Å². The molecule has 28 valence electrons. The minimum atomic E-state index is 0. The van der Waals surface area contributed by atoms with Crippen molar-refractivity contribution in [1.82, 2.24) is 0 Å². The summed E-state index contributed by atoms with van der Waals surface area (Å²) in [6, 6.07) is 0. The van der Waals surface area contributed by atoms with Gasteiger partial charge in [0.15, 0.2) is 0 Å². The minimum Gasteiger partial charge on any atom is -0.338 e. The maximum Gasteiger partial charge on any atom is 0 e. The maximum atomic E-state index is 9.12. The number of rotatable bonds is 1. The zero-order chi connectivity index (χ0) is 3.41. The van der Waals surface area contributed by atoms with Crippen molar-refractivity contribution < 1.29 is 26.5 Å². The Morgan fingerprint density at radius 1 is 1.80 bits per heavy atom. The largest absolute Gasteiger partial charge is 0.338 e. The van der Waals surface area contributed by atoms with Crippen LogP contribution in [-0.4, -0.2) is 6.29 Å². The summed E-state index contributed by atoms with van der Waals surface area (Å²) in [6.07, 6.45) is 2.19. The number of aldehydes is 1. The molecule has 0 unspecified atom stereocenters. The Bertz CT molecular complexity index is 20.9. The predicted molar refractivity (Wildman–Crippen MR) is 16.0 cm³/mol. The van der Waals surface area contributed by atoms with E-state index in [1.165, 1.54) is 6.42 Å². The van der Waals surface area contributed by atoms with Crippen LogP contribution in [0.5, 0.6) is 0 Å². The second kappa shape index (κ2) is 8.87. The zero-order valence-electron chi connectivity index (χ0n) is 3.06. The zero-order valence-corrected chi connectivity index (χ0v) is 4.62. The fourth-order valence-electron chi connectivity index (χ4n) is 0. The van der Waals surface area contributed by atoms with Crippen molar-refractivity contribution in [3.63, 3.8) is 0 Å². The molecule has 0 aliphatic rings. The van der Waals surface area contributed by atoms with E-state index >= 15 is 0 Å². The van der Waals surface area contributed by atoms with Gasteiger partial charge in [0.25, 0.3) is 0 Å². The molecule has 0 spiro atoms. The molecule has 0 aliphatic carbocycles. The third-order valence-corrected chi connectivity index (χ3v) is 0.136.